The molecule has 0 aromatic heterocycles. The van der Waals surface area contributed by atoms with E-state index in [4.69, 9.17) is 28.3 Å². The van der Waals surface area contributed by atoms with Crippen molar-refractivity contribution in [2.75, 3.05) is 20.2 Å². The van der Waals surface area contributed by atoms with Gasteiger partial charge in [0, 0.05) is 18.6 Å². The SMILES string of the molecule is CN(CCO)C(=O)c1cc(Cl)ccc1Cl. The molecule has 82 valence electrons. The summed E-state index contributed by atoms with van der Waals surface area (Å²) in [6, 6.07) is 4.71. The molecule has 0 saturated heterocycles. The minimum absolute atomic E-state index is 0.0829. The number of aliphatic hydroxyl groups excluding tert-OH is 1. The third kappa shape index (κ3) is 3.09. The highest BCUT2D eigenvalue weighted by molar-refractivity contribution is 6.35. The number of aliphatic hydroxyl groups is 1. The lowest BCUT2D eigenvalue weighted by Crippen LogP contribution is -2.29. The van der Waals surface area contributed by atoms with Crippen LogP contribution < -0.4 is 0 Å². The lowest BCUT2D eigenvalue weighted by atomic mass is 10.2. The Bertz CT molecular complexity index is 368. The summed E-state index contributed by atoms with van der Waals surface area (Å²) in [6.45, 7) is 0.183. The Morgan fingerprint density at radius 2 is 2.13 bits per heavy atom. The standard InChI is InChI=1S/C10H11Cl2NO2/c1-13(4-5-14)10(15)8-6-7(11)2-3-9(8)12/h2-3,6,14H,4-5H2,1H3. The van der Waals surface area contributed by atoms with Crippen molar-refractivity contribution in [2.45, 2.75) is 0 Å². The van der Waals surface area contributed by atoms with Crippen molar-refractivity contribution in [3.63, 3.8) is 0 Å². The molecule has 0 aliphatic heterocycles. The van der Waals surface area contributed by atoms with E-state index in [9.17, 15) is 4.79 Å². The molecule has 1 aromatic carbocycles. The Morgan fingerprint density at radius 1 is 1.47 bits per heavy atom. The van der Waals surface area contributed by atoms with E-state index in [0.29, 0.717) is 15.6 Å². The fourth-order valence-corrected chi connectivity index (χ4v) is 1.49. The zero-order chi connectivity index (χ0) is 11.4. The Hall–Kier alpha value is -0.770. The third-order valence-corrected chi connectivity index (χ3v) is 2.51. The molecule has 0 heterocycles. The van der Waals surface area contributed by atoms with Gasteiger partial charge in [-0.2, -0.15) is 0 Å². The van der Waals surface area contributed by atoms with E-state index in [0.717, 1.165) is 0 Å². The number of hydrogen-bond donors (Lipinski definition) is 1. The number of likely N-dealkylation sites (N-methyl/N-ethyl adjacent to an activating group) is 1. The molecule has 0 fully saturated rings. The van der Waals surface area contributed by atoms with Gasteiger partial charge in [-0.25, -0.2) is 0 Å². The predicted octanol–water partition coefficient (Wildman–Crippen LogP) is 2.06. The molecular formula is C10H11Cl2NO2. The molecule has 1 N–H and O–H groups in total. The van der Waals surface area contributed by atoms with E-state index in [-0.39, 0.29) is 19.1 Å². The molecule has 1 amide bonds. The van der Waals surface area contributed by atoms with Gasteiger partial charge in [0.25, 0.3) is 5.91 Å². The van der Waals surface area contributed by atoms with E-state index in [1.165, 1.54) is 11.0 Å². The first-order valence-corrected chi connectivity index (χ1v) is 5.13. The van der Waals surface area contributed by atoms with Crippen molar-refractivity contribution < 1.29 is 9.90 Å². The van der Waals surface area contributed by atoms with Crippen LogP contribution in [-0.4, -0.2) is 36.1 Å². The number of amides is 1. The molecule has 0 radical (unpaired) electrons. The Morgan fingerprint density at radius 3 is 2.73 bits per heavy atom. The molecule has 0 spiro atoms. The van der Waals surface area contributed by atoms with Gasteiger partial charge in [-0.15, -0.1) is 0 Å². The van der Waals surface area contributed by atoms with Crippen LogP contribution in [0.5, 0.6) is 0 Å². The molecule has 5 heteroatoms. The molecule has 0 saturated carbocycles. The first kappa shape index (κ1) is 12.3. The summed E-state index contributed by atoms with van der Waals surface area (Å²) >= 11 is 11.6. The Kier molecular flexibility index (Phi) is 4.39. The van der Waals surface area contributed by atoms with Gasteiger partial charge in [-0.3, -0.25) is 4.79 Å². The summed E-state index contributed by atoms with van der Waals surface area (Å²) in [5.74, 6) is -0.253. The molecule has 0 unspecified atom stereocenters. The minimum atomic E-state index is -0.253. The van der Waals surface area contributed by atoms with Gasteiger partial charge in [0.05, 0.1) is 17.2 Å². The molecule has 0 bridgehead atoms. The van der Waals surface area contributed by atoms with Crippen molar-refractivity contribution in [1.82, 2.24) is 4.90 Å². The maximum atomic E-state index is 11.8. The van der Waals surface area contributed by atoms with Crippen molar-refractivity contribution in [1.29, 1.82) is 0 Å². The van der Waals surface area contributed by atoms with E-state index in [1.807, 2.05) is 0 Å². The second-order valence-electron chi connectivity index (χ2n) is 3.07. The largest absolute Gasteiger partial charge is 0.395 e. The lowest BCUT2D eigenvalue weighted by molar-refractivity contribution is 0.0767. The Balaban J connectivity index is 2.95. The average molecular weight is 248 g/mol. The highest BCUT2D eigenvalue weighted by Crippen LogP contribution is 2.21. The lowest BCUT2D eigenvalue weighted by Gasteiger charge is -2.16. The van der Waals surface area contributed by atoms with E-state index >= 15 is 0 Å². The number of rotatable bonds is 3. The fraction of sp³-hybridized carbons (Fsp3) is 0.300. The minimum Gasteiger partial charge on any atom is -0.395 e. The molecule has 0 aliphatic rings. The average Bonchev–Trinajstić information content (AvgIpc) is 2.21. The van der Waals surface area contributed by atoms with Gasteiger partial charge < -0.3 is 10.0 Å². The van der Waals surface area contributed by atoms with Crippen LogP contribution in [0.1, 0.15) is 10.4 Å². The van der Waals surface area contributed by atoms with Crippen LogP contribution in [0.25, 0.3) is 0 Å². The van der Waals surface area contributed by atoms with Gasteiger partial charge in [0.15, 0.2) is 0 Å². The number of hydrogen-bond acceptors (Lipinski definition) is 2. The van der Waals surface area contributed by atoms with Gasteiger partial charge in [-0.05, 0) is 18.2 Å². The molecular weight excluding hydrogens is 237 g/mol. The number of carbonyl (C=O) groups excluding carboxylic acids is 1. The van der Waals surface area contributed by atoms with Crippen molar-refractivity contribution >= 4 is 29.1 Å². The van der Waals surface area contributed by atoms with Crippen LogP contribution in [0.15, 0.2) is 18.2 Å². The van der Waals surface area contributed by atoms with Crippen LogP contribution in [0.2, 0.25) is 10.0 Å². The summed E-state index contributed by atoms with van der Waals surface area (Å²) < 4.78 is 0. The van der Waals surface area contributed by atoms with E-state index in [1.54, 1.807) is 19.2 Å². The van der Waals surface area contributed by atoms with Gasteiger partial charge in [0.1, 0.15) is 0 Å². The second kappa shape index (κ2) is 5.35. The maximum Gasteiger partial charge on any atom is 0.255 e. The van der Waals surface area contributed by atoms with Crippen LogP contribution in [-0.2, 0) is 0 Å². The summed E-state index contributed by atoms with van der Waals surface area (Å²) in [6.07, 6.45) is 0. The Labute approximate surface area is 98.2 Å². The smallest absolute Gasteiger partial charge is 0.255 e. The second-order valence-corrected chi connectivity index (χ2v) is 3.92. The monoisotopic (exact) mass is 247 g/mol. The van der Waals surface area contributed by atoms with Gasteiger partial charge >= 0.3 is 0 Å². The normalized spacial score (nSPS) is 10.1. The number of nitrogens with zero attached hydrogens (tertiary/aromatic N) is 1. The molecule has 0 atom stereocenters. The zero-order valence-corrected chi connectivity index (χ0v) is 9.72. The highest BCUT2D eigenvalue weighted by atomic mass is 35.5. The molecule has 15 heavy (non-hydrogen) atoms. The summed E-state index contributed by atoms with van der Waals surface area (Å²) in [7, 11) is 1.59. The van der Waals surface area contributed by atoms with Crippen LogP contribution >= 0.6 is 23.2 Å². The van der Waals surface area contributed by atoms with Crippen molar-refractivity contribution in [3.05, 3.63) is 33.8 Å². The van der Waals surface area contributed by atoms with Crippen LogP contribution in [0.4, 0.5) is 0 Å². The summed E-state index contributed by atoms with van der Waals surface area (Å²) in [5, 5.41) is 9.52. The summed E-state index contributed by atoms with van der Waals surface area (Å²) in [4.78, 5) is 13.2. The molecule has 0 aliphatic carbocycles. The third-order valence-electron chi connectivity index (χ3n) is 1.94. The number of carbonyl (C=O) groups is 1. The highest BCUT2D eigenvalue weighted by Gasteiger charge is 2.14. The maximum absolute atomic E-state index is 11.8. The molecule has 1 aromatic rings. The van der Waals surface area contributed by atoms with E-state index in [2.05, 4.69) is 0 Å². The first-order chi connectivity index (χ1) is 7.06. The quantitative estimate of drug-likeness (QED) is 0.889. The molecule has 3 nitrogen and oxygen atoms in total. The summed E-state index contributed by atoms with van der Waals surface area (Å²) in [5.41, 5.74) is 0.347. The van der Waals surface area contributed by atoms with Crippen molar-refractivity contribution in [3.8, 4) is 0 Å². The topological polar surface area (TPSA) is 40.5 Å². The molecule has 1 rings (SSSR count). The van der Waals surface area contributed by atoms with Crippen molar-refractivity contribution in [2.24, 2.45) is 0 Å². The van der Waals surface area contributed by atoms with Gasteiger partial charge in [0.2, 0.25) is 0 Å². The van der Waals surface area contributed by atoms with Crippen LogP contribution in [0, 0.1) is 0 Å². The fourth-order valence-electron chi connectivity index (χ4n) is 1.12. The first-order valence-electron chi connectivity index (χ1n) is 4.37. The van der Waals surface area contributed by atoms with Gasteiger partial charge in [-0.1, -0.05) is 23.2 Å². The zero-order valence-electron chi connectivity index (χ0n) is 8.20. The van der Waals surface area contributed by atoms with Crippen LogP contribution in [0.3, 0.4) is 0 Å². The number of halogens is 2. The van der Waals surface area contributed by atoms with E-state index < -0.39 is 0 Å². The predicted molar refractivity (Wildman–Crippen MR) is 60.5 cm³/mol. The number of benzene rings is 1.